The highest BCUT2D eigenvalue weighted by molar-refractivity contribution is 5.87. The van der Waals surface area contributed by atoms with Crippen LogP contribution in [0.15, 0.2) is 24.3 Å². The van der Waals surface area contributed by atoms with Crippen LogP contribution in [0.4, 0.5) is 0 Å². The normalized spacial score (nSPS) is 15.0. The second-order valence-corrected chi connectivity index (χ2v) is 5.40. The fraction of sp³-hybridized carbons (Fsp3) is 0.500. The number of likely N-dealkylation sites (tertiary alicyclic amines) is 1. The van der Waals surface area contributed by atoms with E-state index in [1.165, 1.54) is 12.8 Å². The highest BCUT2D eigenvalue weighted by atomic mass is 16.4. The van der Waals surface area contributed by atoms with E-state index < -0.39 is 5.97 Å². The molecule has 1 fully saturated rings. The molecule has 1 aromatic rings. The van der Waals surface area contributed by atoms with Gasteiger partial charge in [-0.25, -0.2) is 4.79 Å². The Hall–Kier alpha value is -1.88. The molecule has 0 atom stereocenters. The minimum absolute atomic E-state index is 0.0660. The van der Waals surface area contributed by atoms with Gasteiger partial charge in [-0.1, -0.05) is 12.1 Å². The first-order valence-corrected chi connectivity index (χ1v) is 7.46. The van der Waals surface area contributed by atoms with Crippen LogP contribution >= 0.6 is 0 Å². The molecule has 0 aromatic heterocycles. The second-order valence-electron chi connectivity index (χ2n) is 5.40. The molecule has 0 spiro atoms. The van der Waals surface area contributed by atoms with Crippen molar-refractivity contribution in [2.45, 2.75) is 25.7 Å². The quantitative estimate of drug-likeness (QED) is 0.799. The SMILES string of the molecule is O=C(CCN1CCCC1)NCCc1cccc(C(=O)O)c1. The summed E-state index contributed by atoms with van der Waals surface area (Å²) in [5.41, 5.74) is 1.21. The molecule has 0 unspecified atom stereocenters. The lowest BCUT2D eigenvalue weighted by molar-refractivity contribution is -0.121. The summed E-state index contributed by atoms with van der Waals surface area (Å²) >= 11 is 0. The molecule has 1 amide bonds. The fourth-order valence-electron chi connectivity index (χ4n) is 2.56. The Labute approximate surface area is 125 Å². The van der Waals surface area contributed by atoms with E-state index in [1.54, 1.807) is 18.2 Å². The zero-order valence-corrected chi connectivity index (χ0v) is 12.2. The summed E-state index contributed by atoms with van der Waals surface area (Å²) in [6.07, 6.45) is 3.66. The summed E-state index contributed by atoms with van der Waals surface area (Å²) in [4.78, 5) is 24.9. The third-order valence-corrected chi connectivity index (χ3v) is 3.76. The van der Waals surface area contributed by atoms with Crippen LogP contribution in [-0.2, 0) is 11.2 Å². The Morgan fingerprint density at radius 2 is 2.00 bits per heavy atom. The van der Waals surface area contributed by atoms with Crippen molar-refractivity contribution in [2.75, 3.05) is 26.2 Å². The van der Waals surface area contributed by atoms with E-state index >= 15 is 0 Å². The Bertz CT molecular complexity index is 496. The second kappa shape index (κ2) is 7.78. The van der Waals surface area contributed by atoms with Gasteiger partial charge in [0, 0.05) is 19.5 Å². The maximum absolute atomic E-state index is 11.7. The molecule has 0 bridgehead atoms. The van der Waals surface area contributed by atoms with E-state index in [9.17, 15) is 9.59 Å². The van der Waals surface area contributed by atoms with Crippen LogP contribution in [0.25, 0.3) is 0 Å². The Morgan fingerprint density at radius 3 is 2.71 bits per heavy atom. The van der Waals surface area contributed by atoms with Crippen LogP contribution in [0, 0.1) is 0 Å². The van der Waals surface area contributed by atoms with Crippen molar-refractivity contribution in [3.05, 3.63) is 35.4 Å². The summed E-state index contributed by atoms with van der Waals surface area (Å²) in [6, 6.07) is 6.83. The minimum Gasteiger partial charge on any atom is -0.478 e. The van der Waals surface area contributed by atoms with Crippen LogP contribution in [0.3, 0.4) is 0 Å². The van der Waals surface area contributed by atoms with Crippen molar-refractivity contribution in [1.29, 1.82) is 0 Å². The van der Waals surface area contributed by atoms with Gasteiger partial charge in [0.1, 0.15) is 0 Å². The number of benzene rings is 1. The zero-order valence-electron chi connectivity index (χ0n) is 12.2. The summed E-state index contributed by atoms with van der Waals surface area (Å²) < 4.78 is 0. The highest BCUT2D eigenvalue weighted by Gasteiger charge is 2.12. The molecule has 1 aliphatic heterocycles. The smallest absolute Gasteiger partial charge is 0.335 e. The van der Waals surface area contributed by atoms with E-state index in [1.807, 2.05) is 6.07 Å². The molecule has 1 saturated heterocycles. The predicted octanol–water partition coefficient (Wildman–Crippen LogP) is 1.53. The van der Waals surface area contributed by atoms with Crippen LogP contribution in [0.5, 0.6) is 0 Å². The number of hydrogen-bond donors (Lipinski definition) is 2. The van der Waals surface area contributed by atoms with Crippen LogP contribution in [0.2, 0.25) is 0 Å². The zero-order chi connectivity index (χ0) is 15.1. The van der Waals surface area contributed by atoms with Gasteiger partial charge in [-0.2, -0.15) is 0 Å². The maximum Gasteiger partial charge on any atom is 0.335 e. The first kappa shape index (κ1) is 15.5. The fourth-order valence-corrected chi connectivity index (χ4v) is 2.56. The van der Waals surface area contributed by atoms with Crippen molar-refractivity contribution in [1.82, 2.24) is 10.2 Å². The van der Waals surface area contributed by atoms with Gasteiger partial charge >= 0.3 is 5.97 Å². The largest absolute Gasteiger partial charge is 0.478 e. The van der Waals surface area contributed by atoms with Crippen molar-refractivity contribution in [3.8, 4) is 0 Å². The van der Waals surface area contributed by atoms with Gasteiger partial charge in [0.25, 0.3) is 0 Å². The molecule has 5 nitrogen and oxygen atoms in total. The molecule has 2 rings (SSSR count). The van der Waals surface area contributed by atoms with Crippen molar-refractivity contribution >= 4 is 11.9 Å². The lowest BCUT2D eigenvalue weighted by Crippen LogP contribution is -2.30. The molecule has 5 heteroatoms. The number of hydrogen-bond acceptors (Lipinski definition) is 3. The standard InChI is InChI=1S/C16H22N2O3/c19-15(7-11-18-9-1-2-10-18)17-8-6-13-4-3-5-14(12-13)16(20)21/h3-5,12H,1-2,6-11H2,(H,17,19)(H,20,21). The number of aromatic carboxylic acids is 1. The van der Waals surface area contributed by atoms with Crippen LogP contribution < -0.4 is 5.32 Å². The molecule has 1 aromatic carbocycles. The number of carboxylic acids is 1. The summed E-state index contributed by atoms with van der Waals surface area (Å²) in [7, 11) is 0. The van der Waals surface area contributed by atoms with E-state index in [4.69, 9.17) is 5.11 Å². The molecule has 0 radical (unpaired) electrons. The summed E-state index contributed by atoms with van der Waals surface area (Å²) in [6.45, 7) is 3.59. The maximum atomic E-state index is 11.7. The number of nitrogens with zero attached hydrogens (tertiary/aromatic N) is 1. The van der Waals surface area contributed by atoms with Gasteiger partial charge in [-0.15, -0.1) is 0 Å². The van der Waals surface area contributed by atoms with Crippen molar-refractivity contribution in [2.24, 2.45) is 0 Å². The monoisotopic (exact) mass is 290 g/mol. The van der Waals surface area contributed by atoms with E-state index in [0.717, 1.165) is 25.2 Å². The van der Waals surface area contributed by atoms with Crippen molar-refractivity contribution < 1.29 is 14.7 Å². The van der Waals surface area contributed by atoms with Gasteiger partial charge in [-0.05, 0) is 50.0 Å². The number of amides is 1. The number of nitrogens with one attached hydrogen (secondary N) is 1. The van der Waals surface area contributed by atoms with Crippen LogP contribution in [0.1, 0.15) is 35.2 Å². The first-order chi connectivity index (χ1) is 10.1. The lowest BCUT2D eigenvalue weighted by Gasteiger charge is -2.13. The Kier molecular flexibility index (Phi) is 5.75. The van der Waals surface area contributed by atoms with E-state index in [2.05, 4.69) is 10.2 Å². The number of carbonyl (C=O) groups excluding carboxylic acids is 1. The number of rotatable bonds is 7. The number of carboxylic acid groups (broad SMARTS) is 1. The molecule has 2 N–H and O–H groups in total. The molecule has 114 valence electrons. The molecule has 1 aliphatic rings. The van der Waals surface area contributed by atoms with Crippen LogP contribution in [-0.4, -0.2) is 48.1 Å². The highest BCUT2D eigenvalue weighted by Crippen LogP contribution is 2.07. The van der Waals surface area contributed by atoms with Gasteiger partial charge in [0.2, 0.25) is 5.91 Å². The molecular weight excluding hydrogens is 268 g/mol. The minimum atomic E-state index is -0.925. The topological polar surface area (TPSA) is 69.6 Å². The molecule has 0 saturated carbocycles. The van der Waals surface area contributed by atoms with Gasteiger partial charge in [-0.3, -0.25) is 4.79 Å². The van der Waals surface area contributed by atoms with Gasteiger partial charge in [0.05, 0.1) is 5.56 Å². The summed E-state index contributed by atoms with van der Waals surface area (Å²) in [5, 5.41) is 11.8. The molecule has 21 heavy (non-hydrogen) atoms. The van der Waals surface area contributed by atoms with E-state index in [0.29, 0.717) is 19.4 Å². The third-order valence-electron chi connectivity index (χ3n) is 3.76. The first-order valence-electron chi connectivity index (χ1n) is 7.46. The van der Waals surface area contributed by atoms with Gasteiger partial charge < -0.3 is 15.3 Å². The molecule has 1 heterocycles. The lowest BCUT2D eigenvalue weighted by atomic mass is 10.1. The van der Waals surface area contributed by atoms with Crippen molar-refractivity contribution in [3.63, 3.8) is 0 Å². The molecule has 0 aliphatic carbocycles. The molecular formula is C16H22N2O3. The van der Waals surface area contributed by atoms with E-state index in [-0.39, 0.29) is 11.5 Å². The average molecular weight is 290 g/mol. The average Bonchev–Trinajstić information content (AvgIpc) is 2.99. The predicted molar refractivity (Wildman–Crippen MR) is 80.4 cm³/mol. The van der Waals surface area contributed by atoms with Gasteiger partial charge in [0.15, 0.2) is 0 Å². The third kappa shape index (κ3) is 5.19. The summed E-state index contributed by atoms with van der Waals surface area (Å²) in [5.74, 6) is -0.859. The number of carbonyl (C=O) groups is 2. The Morgan fingerprint density at radius 1 is 1.24 bits per heavy atom. The Balaban J connectivity index is 1.67.